The van der Waals surface area contributed by atoms with Crippen molar-refractivity contribution in [3.8, 4) is 0 Å². The van der Waals surface area contributed by atoms with Gasteiger partial charge in [-0.1, -0.05) is 36.5 Å². The predicted octanol–water partition coefficient (Wildman–Crippen LogP) is 5.50. The average molecular weight is 335 g/mol. The van der Waals surface area contributed by atoms with Crippen molar-refractivity contribution in [2.24, 2.45) is 0 Å². The first kappa shape index (κ1) is 15.3. The highest BCUT2D eigenvalue weighted by molar-refractivity contribution is 8.03. The molecule has 0 fully saturated rings. The van der Waals surface area contributed by atoms with E-state index < -0.39 is 0 Å². The quantitative estimate of drug-likeness (QED) is 0.775. The van der Waals surface area contributed by atoms with E-state index in [-0.39, 0.29) is 0 Å². The molecule has 24 heavy (non-hydrogen) atoms. The molecule has 0 bridgehead atoms. The molecule has 2 aliphatic rings. The van der Waals surface area contributed by atoms with Gasteiger partial charge >= 0.3 is 0 Å². The maximum atomic E-state index is 4.76. The van der Waals surface area contributed by atoms with Gasteiger partial charge < -0.3 is 10.3 Å². The molecule has 2 heterocycles. The van der Waals surface area contributed by atoms with Crippen molar-refractivity contribution in [2.75, 3.05) is 11.1 Å². The Labute approximate surface area is 146 Å². The zero-order valence-corrected chi connectivity index (χ0v) is 14.6. The number of anilines is 1. The zero-order valence-electron chi connectivity index (χ0n) is 13.8. The van der Waals surface area contributed by atoms with Crippen molar-refractivity contribution in [1.82, 2.24) is 9.97 Å². The van der Waals surface area contributed by atoms with Crippen LogP contribution < -0.4 is 5.32 Å². The number of hydrogen-bond acceptors (Lipinski definition) is 3. The maximum Gasteiger partial charge on any atom is 0.114 e. The number of aromatic nitrogens is 2. The number of imidazole rings is 1. The standard InChI is InChI=1S/C20H21N3S/c1-13-5-7-15(8-6-13)20-22-17-10-9-16(12-18(17)23-20)21-14(2)19-4-3-11-24-19/h4-7,9-10,12,15,21H,2-3,8,11H2,1H3,(H,22,23). The SMILES string of the molecule is C=C(Nc1ccc2nc(C3C=CC(C)=CC3)[nH]c2c1)C1=CCCS1. The zero-order chi connectivity index (χ0) is 16.5. The van der Waals surface area contributed by atoms with E-state index in [4.69, 9.17) is 4.98 Å². The first-order chi connectivity index (χ1) is 11.7. The van der Waals surface area contributed by atoms with Gasteiger partial charge in [0.25, 0.3) is 0 Å². The van der Waals surface area contributed by atoms with Crippen LogP contribution in [0.4, 0.5) is 5.69 Å². The van der Waals surface area contributed by atoms with Gasteiger partial charge in [0, 0.05) is 28.0 Å². The second-order valence-electron chi connectivity index (χ2n) is 6.31. The Morgan fingerprint density at radius 2 is 2.29 bits per heavy atom. The van der Waals surface area contributed by atoms with Gasteiger partial charge in [-0.25, -0.2) is 4.98 Å². The smallest absolute Gasteiger partial charge is 0.114 e. The lowest BCUT2D eigenvalue weighted by molar-refractivity contribution is 0.788. The number of nitrogens with one attached hydrogen (secondary N) is 2. The Morgan fingerprint density at radius 3 is 3.04 bits per heavy atom. The molecule has 4 rings (SSSR count). The van der Waals surface area contributed by atoms with E-state index in [1.54, 1.807) is 0 Å². The Balaban J connectivity index is 1.55. The second kappa shape index (κ2) is 6.36. The summed E-state index contributed by atoms with van der Waals surface area (Å²) in [5.74, 6) is 2.53. The summed E-state index contributed by atoms with van der Waals surface area (Å²) in [6.45, 7) is 6.29. The van der Waals surface area contributed by atoms with Crippen molar-refractivity contribution in [2.45, 2.75) is 25.7 Å². The van der Waals surface area contributed by atoms with Crippen molar-refractivity contribution in [3.63, 3.8) is 0 Å². The Kier molecular flexibility index (Phi) is 4.07. The summed E-state index contributed by atoms with van der Waals surface area (Å²) in [5, 5.41) is 3.42. The van der Waals surface area contributed by atoms with E-state index in [2.05, 4.69) is 66.3 Å². The summed E-state index contributed by atoms with van der Waals surface area (Å²) in [6, 6.07) is 6.25. The molecule has 3 nitrogen and oxygen atoms in total. The van der Waals surface area contributed by atoms with Crippen LogP contribution in [0.3, 0.4) is 0 Å². The normalized spacial score (nSPS) is 20.1. The van der Waals surface area contributed by atoms with E-state index in [9.17, 15) is 0 Å². The maximum absolute atomic E-state index is 4.76. The molecule has 0 saturated carbocycles. The van der Waals surface area contributed by atoms with Crippen molar-refractivity contribution < 1.29 is 0 Å². The molecule has 4 heteroatoms. The molecule has 1 aliphatic heterocycles. The number of hydrogen-bond donors (Lipinski definition) is 2. The number of aromatic amines is 1. The third-order valence-electron chi connectivity index (χ3n) is 4.43. The van der Waals surface area contributed by atoms with Crippen LogP contribution in [0, 0.1) is 0 Å². The number of thioether (sulfide) groups is 1. The first-order valence-corrected chi connectivity index (χ1v) is 9.31. The highest BCUT2D eigenvalue weighted by atomic mass is 32.2. The lowest BCUT2D eigenvalue weighted by Crippen LogP contribution is -1.99. The highest BCUT2D eigenvalue weighted by Crippen LogP contribution is 2.32. The molecule has 0 amide bonds. The monoisotopic (exact) mass is 335 g/mol. The number of allylic oxidation sites excluding steroid dienone is 5. The average Bonchev–Trinajstić information content (AvgIpc) is 3.24. The molecule has 0 spiro atoms. The largest absolute Gasteiger partial charge is 0.355 e. The molecule has 2 N–H and O–H groups in total. The summed E-state index contributed by atoms with van der Waals surface area (Å²) >= 11 is 1.86. The molecule has 1 aromatic heterocycles. The van der Waals surface area contributed by atoms with Gasteiger partial charge in [0.1, 0.15) is 5.82 Å². The van der Waals surface area contributed by atoms with Crippen LogP contribution in [-0.2, 0) is 0 Å². The molecule has 0 radical (unpaired) electrons. The lowest BCUT2D eigenvalue weighted by atomic mass is 9.97. The number of benzene rings is 1. The Morgan fingerprint density at radius 1 is 1.38 bits per heavy atom. The molecular weight excluding hydrogens is 314 g/mol. The summed E-state index contributed by atoms with van der Waals surface area (Å²) < 4.78 is 0. The molecule has 0 saturated heterocycles. The van der Waals surface area contributed by atoms with Gasteiger partial charge in [0.2, 0.25) is 0 Å². The van der Waals surface area contributed by atoms with Crippen LogP contribution in [0.25, 0.3) is 11.0 Å². The number of nitrogens with zero attached hydrogens (tertiary/aromatic N) is 1. The second-order valence-corrected chi connectivity index (χ2v) is 7.45. The van der Waals surface area contributed by atoms with Crippen molar-refractivity contribution in [1.29, 1.82) is 0 Å². The highest BCUT2D eigenvalue weighted by Gasteiger charge is 2.15. The topological polar surface area (TPSA) is 40.7 Å². The van der Waals surface area contributed by atoms with Crippen LogP contribution in [0.1, 0.15) is 31.5 Å². The fraction of sp³-hybridized carbons (Fsp3) is 0.250. The van der Waals surface area contributed by atoms with Crippen LogP contribution in [-0.4, -0.2) is 15.7 Å². The van der Waals surface area contributed by atoms with Crippen LogP contribution in [0.15, 0.2) is 65.3 Å². The number of H-pyrrole nitrogens is 1. The van der Waals surface area contributed by atoms with Crippen molar-refractivity contribution >= 4 is 28.5 Å². The Hall–Kier alpha value is -2.20. The summed E-state index contributed by atoms with van der Waals surface area (Å²) in [4.78, 5) is 9.50. The fourth-order valence-electron chi connectivity index (χ4n) is 3.08. The molecule has 1 atom stereocenters. The summed E-state index contributed by atoms with van der Waals surface area (Å²) in [7, 11) is 0. The van der Waals surface area contributed by atoms with Gasteiger partial charge in [0.15, 0.2) is 0 Å². The van der Waals surface area contributed by atoms with Crippen LogP contribution in [0.5, 0.6) is 0 Å². The van der Waals surface area contributed by atoms with E-state index in [1.807, 2.05) is 11.8 Å². The third kappa shape index (κ3) is 3.06. The molecule has 2 aromatic rings. The molecule has 122 valence electrons. The van der Waals surface area contributed by atoms with Crippen molar-refractivity contribution in [3.05, 3.63) is 71.1 Å². The molecular formula is C20H21N3S. The van der Waals surface area contributed by atoms with Gasteiger partial charge in [-0.05, 0) is 38.0 Å². The predicted molar refractivity (Wildman–Crippen MR) is 104 cm³/mol. The summed E-state index contributed by atoms with van der Waals surface area (Å²) in [5.41, 5.74) is 5.43. The molecule has 1 unspecified atom stereocenters. The van der Waals surface area contributed by atoms with Crippen LogP contribution >= 0.6 is 11.8 Å². The number of fused-ring (bicyclic) bond motifs is 1. The van der Waals surface area contributed by atoms with Gasteiger partial charge in [-0.15, -0.1) is 11.8 Å². The lowest BCUT2D eigenvalue weighted by Gasteiger charge is -2.11. The minimum Gasteiger partial charge on any atom is -0.355 e. The van der Waals surface area contributed by atoms with E-state index in [0.717, 1.165) is 46.8 Å². The van der Waals surface area contributed by atoms with E-state index in [1.165, 1.54) is 10.5 Å². The minimum absolute atomic E-state index is 0.340. The van der Waals surface area contributed by atoms with Gasteiger partial charge in [-0.2, -0.15) is 0 Å². The summed E-state index contributed by atoms with van der Waals surface area (Å²) in [6.07, 6.45) is 11.1. The molecule has 1 aromatic carbocycles. The van der Waals surface area contributed by atoms with E-state index in [0.29, 0.717) is 5.92 Å². The first-order valence-electron chi connectivity index (χ1n) is 8.33. The number of rotatable bonds is 4. The van der Waals surface area contributed by atoms with Gasteiger partial charge in [0.05, 0.1) is 11.0 Å². The fourth-order valence-corrected chi connectivity index (χ4v) is 3.99. The minimum atomic E-state index is 0.340. The van der Waals surface area contributed by atoms with Gasteiger partial charge in [-0.3, -0.25) is 0 Å². The Bertz CT molecular complexity index is 885. The van der Waals surface area contributed by atoms with Crippen LogP contribution in [0.2, 0.25) is 0 Å². The van der Waals surface area contributed by atoms with E-state index >= 15 is 0 Å². The molecule has 1 aliphatic carbocycles. The third-order valence-corrected chi connectivity index (χ3v) is 5.60.